The number of carbonyl (C=O) groups excluding carboxylic acids is 2. The molecule has 3 unspecified atom stereocenters. The molecule has 0 aliphatic carbocycles. The number of allylic oxidation sites excluding steroid dienone is 2. The lowest BCUT2D eigenvalue weighted by molar-refractivity contribution is -0.140. The first kappa shape index (κ1) is 24.8. The summed E-state index contributed by atoms with van der Waals surface area (Å²) in [6.07, 6.45) is 2.82. The van der Waals surface area contributed by atoms with Crippen LogP contribution in [0.25, 0.3) is 5.57 Å². The van der Waals surface area contributed by atoms with E-state index in [1.165, 1.54) is 6.20 Å². The fraction of sp³-hybridized carbons (Fsp3) is 0.435. The molecule has 1 saturated heterocycles. The number of nitrogens with one attached hydrogen (secondary N) is 1. The summed E-state index contributed by atoms with van der Waals surface area (Å²) >= 11 is 6.02. The van der Waals surface area contributed by atoms with E-state index in [-0.39, 0.29) is 24.3 Å². The number of aliphatic imine (C=N–C) groups is 1. The molecule has 0 aromatic heterocycles. The first-order chi connectivity index (χ1) is 14.7. The Labute approximate surface area is 188 Å². The summed E-state index contributed by atoms with van der Waals surface area (Å²) in [5.74, 6) is -0.524. The molecule has 0 bridgehead atoms. The van der Waals surface area contributed by atoms with Gasteiger partial charge in [-0.1, -0.05) is 56.3 Å². The van der Waals surface area contributed by atoms with Crippen molar-refractivity contribution in [3.63, 3.8) is 0 Å². The van der Waals surface area contributed by atoms with Crippen molar-refractivity contribution in [2.75, 3.05) is 13.2 Å². The number of rotatable bonds is 9. The summed E-state index contributed by atoms with van der Waals surface area (Å²) in [7, 11) is 0. The molecule has 1 aromatic rings. The maximum absolute atomic E-state index is 12.9. The van der Waals surface area contributed by atoms with Crippen molar-refractivity contribution < 1.29 is 14.7 Å². The highest BCUT2D eigenvalue weighted by Gasteiger charge is 2.37. The first-order valence-electron chi connectivity index (χ1n) is 10.3. The van der Waals surface area contributed by atoms with Crippen molar-refractivity contribution in [3.8, 4) is 0 Å². The fourth-order valence-corrected chi connectivity index (χ4v) is 3.73. The van der Waals surface area contributed by atoms with E-state index in [1.54, 1.807) is 17.0 Å². The van der Waals surface area contributed by atoms with Crippen LogP contribution in [0.4, 0.5) is 0 Å². The molecule has 7 nitrogen and oxygen atoms in total. The van der Waals surface area contributed by atoms with Gasteiger partial charge in [-0.2, -0.15) is 0 Å². The van der Waals surface area contributed by atoms with Gasteiger partial charge in [-0.3, -0.25) is 14.6 Å². The van der Waals surface area contributed by atoms with Crippen LogP contribution in [-0.2, 0) is 9.59 Å². The van der Waals surface area contributed by atoms with Crippen molar-refractivity contribution in [2.24, 2.45) is 16.6 Å². The third-order valence-corrected chi connectivity index (χ3v) is 5.68. The van der Waals surface area contributed by atoms with E-state index < -0.39 is 18.1 Å². The zero-order chi connectivity index (χ0) is 23.1. The highest BCUT2D eigenvalue weighted by molar-refractivity contribution is 6.36. The van der Waals surface area contributed by atoms with E-state index in [1.807, 2.05) is 26.0 Å². The van der Waals surface area contributed by atoms with Gasteiger partial charge in [0, 0.05) is 23.4 Å². The van der Waals surface area contributed by atoms with Crippen LogP contribution in [0.2, 0.25) is 0 Å². The predicted molar refractivity (Wildman–Crippen MR) is 124 cm³/mol. The Morgan fingerprint density at radius 3 is 2.55 bits per heavy atom. The summed E-state index contributed by atoms with van der Waals surface area (Å²) in [4.78, 5) is 30.9. The second-order valence-electron chi connectivity index (χ2n) is 7.96. The van der Waals surface area contributed by atoms with Gasteiger partial charge in [0.25, 0.3) is 0 Å². The highest BCUT2D eigenvalue weighted by atomic mass is 35.5. The third kappa shape index (κ3) is 6.03. The summed E-state index contributed by atoms with van der Waals surface area (Å²) in [5.41, 5.74) is 8.15. The number of aliphatic hydroxyl groups is 1. The number of aliphatic hydroxyl groups excluding tert-OH is 1. The molecule has 2 rings (SSSR count). The van der Waals surface area contributed by atoms with Crippen molar-refractivity contribution in [1.29, 1.82) is 0 Å². The Hall–Kier alpha value is -2.48. The van der Waals surface area contributed by atoms with Gasteiger partial charge in [0.2, 0.25) is 11.8 Å². The molecule has 1 aliphatic heterocycles. The first-order valence-corrected chi connectivity index (χ1v) is 10.7. The Morgan fingerprint density at radius 2 is 2.03 bits per heavy atom. The summed E-state index contributed by atoms with van der Waals surface area (Å²) in [6, 6.07) is 5.36. The maximum Gasteiger partial charge on any atom is 0.243 e. The topological polar surface area (TPSA) is 108 Å². The van der Waals surface area contributed by atoms with Crippen molar-refractivity contribution in [3.05, 3.63) is 53.2 Å². The summed E-state index contributed by atoms with van der Waals surface area (Å²) in [5, 5.41) is 13.1. The van der Waals surface area contributed by atoms with Crippen LogP contribution in [0.3, 0.4) is 0 Å². The average Bonchev–Trinajstić information content (AvgIpc) is 3.24. The number of amides is 2. The summed E-state index contributed by atoms with van der Waals surface area (Å²) < 4.78 is 0. The van der Waals surface area contributed by atoms with Gasteiger partial charge in [0.1, 0.15) is 6.04 Å². The van der Waals surface area contributed by atoms with E-state index in [2.05, 4.69) is 23.6 Å². The normalized spacial score (nSPS) is 18.6. The number of hydrogen-bond acceptors (Lipinski definition) is 5. The van der Waals surface area contributed by atoms with Crippen LogP contribution >= 0.6 is 11.6 Å². The van der Waals surface area contributed by atoms with Crippen LogP contribution in [0.5, 0.6) is 0 Å². The number of hydrogen-bond donors (Lipinski definition) is 3. The smallest absolute Gasteiger partial charge is 0.243 e. The molecule has 1 aromatic carbocycles. The van der Waals surface area contributed by atoms with Crippen molar-refractivity contribution >= 4 is 35.7 Å². The van der Waals surface area contributed by atoms with Gasteiger partial charge < -0.3 is 21.1 Å². The Bertz CT molecular complexity index is 851. The summed E-state index contributed by atoms with van der Waals surface area (Å²) in [6.45, 7) is 11.1. The van der Waals surface area contributed by atoms with Crippen LogP contribution in [0, 0.1) is 5.92 Å². The molecular weight excluding hydrogens is 416 g/mol. The van der Waals surface area contributed by atoms with E-state index >= 15 is 0 Å². The Kier molecular flexibility index (Phi) is 8.98. The minimum Gasteiger partial charge on any atom is -0.394 e. The molecule has 1 aliphatic rings. The standard InChI is InChI=1S/C23H31ClN4O3/c1-14(2)21(25)23(31)28-11-5-6-20(28)22(30)27-19(13-29)17-9-7-16(8-10-17)18(12-26-4)15(3)24/h7-10,12,14,19-21,29H,3-6,11,13,25H2,1-2H3,(H,27,30)/b18-12+. The highest BCUT2D eigenvalue weighted by Crippen LogP contribution is 2.27. The van der Waals surface area contributed by atoms with Gasteiger partial charge in [-0.15, -0.1) is 0 Å². The van der Waals surface area contributed by atoms with Crippen LogP contribution in [0.15, 0.2) is 47.1 Å². The number of benzene rings is 1. The van der Waals surface area contributed by atoms with Gasteiger partial charge >= 0.3 is 0 Å². The van der Waals surface area contributed by atoms with Crippen LogP contribution in [-0.4, -0.2) is 53.8 Å². The predicted octanol–water partition coefficient (Wildman–Crippen LogP) is 2.60. The molecule has 168 valence electrons. The number of carbonyl (C=O) groups is 2. The van der Waals surface area contributed by atoms with Gasteiger partial charge in [0.05, 0.1) is 18.7 Å². The molecule has 0 saturated carbocycles. The quantitative estimate of drug-likeness (QED) is 0.400. The molecule has 1 fully saturated rings. The van der Waals surface area contributed by atoms with E-state index in [4.69, 9.17) is 17.3 Å². The molecule has 4 N–H and O–H groups in total. The molecule has 3 atom stereocenters. The SMILES string of the molecule is C=N/C=C(\C(=C)Cl)c1ccc(C(CO)NC(=O)C2CCCN2C(=O)C(N)C(C)C)cc1. The largest absolute Gasteiger partial charge is 0.394 e. The van der Waals surface area contributed by atoms with E-state index in [9.17, 15) is 14.7 Å². The van der Waals surface area contributed by atoms with Crippen molar-refractivity contribution in [2.45, 2.75) is 44.8 Å². The minimum atomic E-state index is -0.640. The molecular formula is C23H31ClN4O3. The number of nitrogens with two attached hydrogens (primary N) is 1. The molecule has 8 heteroatoms. The van der Waals surface area contributed by atoms with Gasteiger partial charge in [-0.25, -0.2) is 0 Å². The monoisotopic (exact) mass is 446 g/mol. The maximum atomic E-state index is 12.9. The minimum absolute atomic E-state index is 0.0141. The number of nitrogens with zero attached hydrogens (tertiary/aromatic N) is 2. The number of halogens is 1. The van der Waals surface area contributed by atoms with Crippen LogP contribution in [0.1, 0.15) is 43.9 Å². The average molecular weight is 447 g/mol. The molecule has 2 amide bonds. The van der Waals surface area contributed by atoms with Gasteiger partial charge in [0.15, 0.2) is 0 Å². The lowest BCUT2D eigenvalue weighted by Gasteiger charge is -2.29. The molecule has 31 heavy (non-hydrogen) atoms. The Balaban J connectivity index is 2.14. The van der Waals surface area contributed by atoms with Crippen LogP contribution < -0.4 is 11.1 Å². The second kappa shape index (κ2) is 11.2. The van der Waals surface area contributed by atoms with E-state index in [0.29, 0.717) is 23.6 Å². The second-order valence-corrected chi connectivity index (χ2v) is 8.41. The zero-order valence-electron chi connectivity index (χ0n) is 18.1. The number of likely N-dealkylation sites (tertiary alicyclic amines) is 1. The lowest BCUT2D eigenvalue weighted by atomic mass is 10.0. The third-order valence-electron chi connectivity index (χ3n) is 5.48. The fourth-order valence-electron chi connectivity index (χ4n) is 3.57. The lowest BCUT2D eigenvalue weighted by Crippen LogP contribution is -2.53. The van der Waals surface area contributed by atoms with Crippen molar-refractivity contribution in [1.82, 2.24) is 10.2 Å². The molecule has 0 spiro atoms. The van der Waals surface area contributed by atoms with Gasteiger partial charge in [-0.05, 0) is 36.6 Å². The Morgan fingerprint density at radius 1 is 1.39 bits per heavy atom. The molecule has 0 radical (unpaired) electrons. The van der Waals surface area contributed by atoms with E-state index in [0.717, 1.165) is 17.5 Å². The zero-order valence-corrected chi connectivity index (χ0v) is 18.8. The molecule has 1 heterocycles.